The molecule has 0 spiro atoms. The van der Waals surface area contributed by atoms with Gasteiger partial charge >= 0.3 is 0 Å². The molecule has 0 unspecified atom stereocenters. The average molecular weight is 332 g/mol. The summed E-state index contributed by atoms with van der Waals surface area (Å²) in [6.45, 7) is 0. The molecule has 1 aliphatic rings. The van der Waals surface area contributed by atoms with E-state index in [0.717, 1.165) is 22.3 Å². The Hall–Kier alpha value is -3.88. The zero-order chi connectivity index (χ0) is 18.2. The van der Waals surface area contributed by atoms with Crippen molar-refractivity contribution in [2.45, 2.75) is 0 Å². The molecule has 0 atom stereocenters. The van der Waals surface area contributed by atoms with Crippen LogP contribution in [0.2, 0.25) is 0 Å². The fourth-order valence-corrected chi connectivity index (χ4v) is 2.71. The zero-order valence-electron chi connectivity index (χ0n) is 14.1. The largest absolute Gasteiger partial charge is 0.192 e. The predicted octanol–water partition coefficient (Wildman–Crippen LogP) is 5.62. The van der Waals surface area contributed by atoms with Gasteiger partial charge < -0.3 is 0 Å². The van der Waals surface area contributed by atoms with Crippen LogP contribution >= 0.6 is 0 Å². The van der Waals surface area contributed by atoms with Crippen molar-refractivity contribution in [1.29, 1.82) is 10.5 Å². The molecule has 2 heteroatoms. The molecule has 0 amide bonds. The molecule has 0 aliphatic heterocycles. The summed E-state index contributed by atoms with van der Waals surface area (Å²) >= 11 is 0. The van der Waals surface area contributed by atoms with Crippen molar-refractivity contribution in [3.05, 3.63) is 119 Å². The van der Waals surface area contributed by atoms with Crippen LogP contribution in [-0.2, 0) is 0 Å². The van der Waals surface area contributed by atoms with Gasteiger partial charge in [-0.1, -0.05) is 91.0 Å². The predicted molar refractivity (Wildman–Crippen MR) is 105 cm³/mol. The smallest absolute Gasteiger partial charge is 0.137 e. The topological polar surface area (TPSA) is 47.6 Å². The Labute approximate surface area is 153 Å². The number of hydrogen-bond acceptors (Lipinski definition) is 2. The molecule has 2 nitrogen and oxygen atoms in total. The Balaban J connectivity index is 2.00. The molecular formula is C24H16N2. The van der Waals surface area contributed by atoms with Crippen LogP contribution in [0.1, 0.15) is 11.1 Å². The van der Waals surface area contributed by atoms with Crippen molar-refractivity contribution in [3.8, 4) is 12.1 Å². The van der Waals surface area contributed by atoms with E-state index >= 15 is 0 Å². The van der Waals surface area contributed by atoms with E-state index in [1.54, 1.807) is 0 Å². The third-order valence-corrected chi connectivity index (χ3v) is 4.02. The van der Waals surface area contributed by atoms with Crippen molar-refractivity contribution in [2.24, 2.45) is 0 Å². The molecule has 0 heterocycles. The summed E-state index contributed by atoms with van der Waals surface area (Å²) in [7, 11) is 0. The van der Waals surface area contributed by atoms with Gasteiger partial charge in [0.05, 0.1) is 0 Å². The van der Waals surface area contributed by atoms with Gasteiger partial charge in [-0.3, -0.25) is 0 Å². The fraction of sp³-hybridized carbons (Fsp3) is 0. The lowest BCUT2D eigenvalue weighted by Gasteiger charge is -2.04. The summed E-state index contributed by atoms with van der Waals surface area (Å²) in [5.41, 5.74) is 4.75. The van der Waals surface area contributed by atoms with E-state index in [2.05, 4.69) is 12.1 Å². The van der Waals surface area contributed by atoms with Gasteiger partial charge in [0.2, 0.25) is 0 Å². The molecule has 0 radical (unpaired) electrons. The van der Waals surface area contributed by atoms with Gasteiger partial charge in [0.25, 0.3) is 0 Å². The maximum atomic E-state index is 9.33. The van der Waals surface area contributed by atoms with Gasteiger partial charge in [-0.05, 0) is 28.3 Å². The molecule has 0 bridgehead atoms. The minimum atomic E-state index is 0.103. The maximum absolute atomic E-state index is 9.33. The van der Waals surface area contributed by atoms with Crippen LogP contribution in [0.3, 0.4) is 0 Å². The highest BCUT2D eigenvalue weighted by Gasteiger charge is 2.08. The lowest BCUT2D eigenvalue weighted by atomic mass is 9.98. The quantitative estimate of drug-likeness (QED) is 0.684. The van der Waals surface area contributed by atoms with Gasteiger partial charge in [0.1, 0.15) is 17.7 Å². The van der Waals surface area contributed by atoms with Gasteiger partial charge in [-0.25, -0.2) is 0 Å². The summed E-state index contributed by atoms with van der Waals surface area (Å²) in [4.78, 5) is 0. The van der Waals surface area contributed by atoms with Crippen LogP contribution in [0.4, 0.5) is 0 Å². The number of hydrogen-bond donors (Lipinski definition) is 0. The van der Waals surface area contributed by atoms with Crippen molar-refractivity contribution >= 4 is 11.1 Å². The summed E-state index contributed by atoms with van der Waals surface area (Å²) in [5, 5.41) is 18.7. The normalized spacial score (nSPS) is 14.1. The van der Waals surface area contributed by atoms with Gasteiger partial charge in [-0.15, -0.1) is 0 Å². The molecule has 0 saturated heterocycles. The molecular weight excluding hydrogens is 316 g/mol. The van der Waals surface area contributed by atoms with E-state index in [4.69, 9.17) is 0 Å². The first-order valence-electron chi connectivity index (χ1n) is 8.25. The number of allylic oxidation sites excluding steroid dienone is 10. The molecule has 1 aliphatic carbocycles. The molecule has 0 N–H and O–H groups in total. The first-order chi connectivity index (χ1) is 12.8. The Morgan fingerprint density at radius 3 is 2.08 bits per heavy atom. The summed E-state index contributed by atoms with van der Waals surface area (Å²) in [6, 6.07) is 23.7. The third-order valence-electron chi connectivity index (χ3n) is 4.02. The fourth-order valence-electron chi connectivity index (χ4n) is 2.71. The summed E-state index contributed by atoms with van der Waals surface area (Å²) in [6.07, 6.45) is 11.9. The Morgan fingerprint density at radius 1 is 0.769 bits per heavy atom. The highest BCUT2D eigenvalue weighted by Crippen LogP contribution is 2.25. The average Bonchev–Trinajstić information content (AvgIpc) is 2.95. The monoisotopic (exact) mass is 332 g/mol. The molecule has 0 saturated carbocycles. The van der Waals surface area contributed by atoms with Crippen molar-refractivity contribution < 1.29 is 0 Å². The number of benzene rings is 2. The molecule has 3 rings (SSSR count). The minimum absolute atomic E-state index is 0.103. The van der Waals surface area contributed by atoms with Gasteiger partial charge in [0.15, 0.2) is 0 Å². The standard InChI is InChI=1S/C24H16N2/c25-17-23(18-26)24(22-11-5-2-6-12-22)16-19-8-7-13-21(15-14-19)20-9-3-1-4-10-20/h1-16H/b19-16+. The maximum Gasteiger partial charge on any atom is 0.137 e. The highest BCUT2D eigenvalue weighted by atomic mass is 14.3. The first-order valence-corrected chi connectivity index (χ1v) is 8.25. The van der Waals surface area contributed by atoms with Crippen LogP contribution in [0.15, 0.2) is 108 Å². The van der Waals surface area contributed by atoms with E-state index in [0.29, 0.717) is 5.57 Å². The van der Waals surface area contributed by atoms with Crippen molar-refractivity contribution in [2.75, 3.05) is 0 Å². The Morgan fingerprint density at radius 2 is 1.42 bits per heavy atom. The lowest BCUT2D eigenvalue weighted by Crippen LogP contribution is -1.88. The van der Waals surface area contributed by atoms with E-state index in [1.165, 1.54) is 0 Å². The number of nitriles is 2. The molecule has 0 fully saturated rings. The molecule has 2 aromatic rings. The molecule has 0 aromatic heterocycles. The zero-order valence-corrected chi connectivity index (χ0v) is 14.1. The minimum Gasteiger partial charge on any atom is -0.192 e. The summed E-state index contributed by atoms with van der Waals surface area (Å²) in [5.74, 6) is 0. The van der Waals surface area contributed by atoms with Gasteiger partial charge in [-0.2, -0.15) is 10.5 Å². The van der Waals surface area contributed by atoms with Crippen LogP contribution in [0.25, 0.3) is 11.1 Å². The van der Waals surface area contributed by atoms with Crippen LogP contribution in [0.5, 0.6) is 0 Å². The van der Waals surface area contributed by atoms with E-state index in [9.17, 15) is 10.5 Å². The van der Waals surface area contributed by atoms with Crippen molar-refractivity contribution in [1.82, 2.24) is 0 Å². The lowest BCUT2D eigenvalue weighted by molar-refractivity contribution is 1.45. The molecule has 2 aromatic carbocycles. The number of rotatable bonds is 3. The molecule has 26 heavy (non-hydrogen) atoms. The Kier molecular flexibility index (Phi) is 5.41. The van der Waals surface area contributed by atoms with Crippen LogP contribution in [-0.4, -0.2) is 0 Å². The van der Waals surface area contributed by atoms with Crippen LogP contribution in [0, 0.1) is 22.7 Å². The first kappa shape index (κ1) is 17.0. The van der Waals surface area contributed by atoms with Crippen molar-refractivity contribution in [3.63, 3.8) is 0 Å². The van der Waals surface area contributed by atoms with Crippen LogP contribution < -0.4 is 0 Å². The second-order valence-electron chi connectivity index (χ2n) is 5.70. The Bertz CT molecular complexity index is 1000. The second-order valence-corrected chi connectivity index (χ2v) is 5.70. The third kappa shape index (κ3) is 3.96. The van der Waals surface area contributed by atoms with Gasteiger partial charge in [0, 0.05) is 5.57 Å². The van der Waals surface area contributed by atoms with E-state index in [-0.39, 0.29) is 5.57 Å². The van der Waals surface area contributed by atoms with E-state index in [1.807, 2.05) is 97.1 Å². The SMILES string of the molecule is N#CC(C#N)=C(/C=C1\C=CC=C(c2ccccc2)C=C1)c1ccccc1. The van der Waals surface area contributed by atoms with E-state index < -0.39 is 0 Å². The highest BCUT2D eigenvalue weighted by molar-refractivity contribution is 5.84. The number of nitrogens with zero attached hydrogens (tertiary/aromatic N) is 2. The second kappa shape index (κ2) is 8.29. The molecule has 122 valence electrons. The summed E-state index contributed by atoms with van der Waals surface area (Å²) < 4.78 is 0.